The Hall–Kier alpha value is -0.410. The van der Waals surface area contributed by atoms with Gasteiger partial charge in [0.25, 0.3) is 0 Å². The highest BCUT2D eigenvalue weighted by Crippen LogP contribution is 1.98. The number of ketones is 1. The van der Waals surface area contributed by atoms with Gasteiger partial charge in [-0.15, -0.1) is 0 Å². The Morgan fingerprint density at radius 3 is 2.14 bits per heavy atom. The van der Waals surface area contributed by atoms with Gasteiger partial charge in [-0.3, -0.25) is 4.79 Å². The fourth-order valence-electron chi connectivity index (χ4n) is 0.857. The van der Waals surface area contributed by atoms with Gasteiger partial charge in [0.2, 0.25) is 0 Å². The Bertz CT molecular complexity index is 143. The van der Waals surface area contributed by atoms with Crippen LogP contribution in [0.3, 0.4) is 0 Å². The van der Waals surface area contributed by atoms with Gasteiger partial charge in [0.15, 0.2) is 0 Å². The van der Waals surface area contributed by atoms with E-state index in [2.05, 4.69) is 13.8 Å². The maximum Gasteiger partial charge on any atom is 0.132 e. The van der Waals surface area contributed by atoms with E-state index in [1.54, 1.807) is 6.92 Å². The summed E-state index contributed by atoms with van der Waals surface area (Å²) in [4.78, 5) is 10.5. The van der Waals surface area contributed by atoms with E-state index >= 15 is 0 Å². The molecule has 0 radical (unpaired) electrons. The summed E-state index contributed by atoms with van der Waals surface area (Å²) in [6.07, 6.45) is 1.60. The van der Waals surface area contributed by atoms with E-state index in [1.165, 1.54) is 0 Å². The number of Topliss-reactive ketones (excluding diaryl/α,β-unsaturated/α-hetero) is 1. The van der Waals surface area contributed by atoms with E-state index in [-0.39, 0.29) is 5.78 Å². The summed E-state index contributed by atoms with van der Waals surface area (Å²) in [5, 5.41) is 0. The summed E-state index contributed by atoms with van der Waals surface area (Å²) < 4.78 is 10.5. The molecule has 0 rings (SSSR count). The molecule has 0 saturated heterocycles. The third-order valence-electron chi connectivity index (χ3n) is 1.81. The fourth-order valence-corrected chi connectivity index (χ4v) is 0.857. The van der Waals surface area contributed by atoms with Crippen LogP contribution in [0, 0.1) is 5.92 Å². The molecule has 0 aromatic carbocycles. The third-order valence-corrected chi connectivity index (χ3v) is 1.81. The molecule has 0 aliphatic heterocycles. The fraction of sp³-hybridized carbons (Fsp3) is 0.909. The summed E-state index contributed by atoms with van der Waals surface area (Å²) >= 11 is 0. The van der Waals surface area contributed by atoms with Gasteiger partial charge in [0.05, 0.1) is 19.8 Å². The minimum absolute atomic E-state index is 0.172. The highest BCUT2D eigenvalue weighted by molar-refractivity contribution is 5.75. The van der Waals surface area contributed by atoms with E-state index in [9.17, 15) is 4.79 Å². The molecule has 0 fully saturated rings. The zero-order chi connectivity index (χ0) is 10.8. The van der Waals surface area contributed by atoms with E-state index in [0.29, 0.717) is 32.2 Å². The molecule has 3 heteroatoms. The molecule has 0 aromatic heterocycles. The molecule has 0 aromatic rings. The first kappa shape index (κ1) is 13.6. The van der Waals surface area contributed by atoms with Crippen molar-refractivity contribution in [1.82, 2.24) is 0 Å². The van der Waals surface area contributed by atoms with Gasteiger partial charge in [-0.2, -0.15) is 0 Å². The molecule has 0 amide bonds. The first-order valence-corrected chi connectivity index (χ1v) is 5.28. The van der Waals surface area contributed by atoms with Crippen molar-refractivity contribution in [2.45, 2.75) is 33.6 Å². The Morgan fingerprint density at radius 1 is 1.07 bits per heavy atom. The molecular formula is C11H22O3. The van der Waals surface area contributed by atoms with Crippen LogP contribution in [0.15, 0.2) is 0 Å². The zero-order valence-corrected chi connectivity index (χ0v) is 9.54. The van der Waals surface area contributed by atoms with E-state index in [1.807, 2.05) is 0 Å². The molecule has 84 valence electrons. The largest absolute Gasteiger partial charge is 0.379 e. The van der Waals surface area contributed by atoms with Gasteiger partial charge in [0.1, 0.15) is 5.78 Å². The predicted molar refractivity (Wildman–Crippen MR) is 56.4 cm³/mol. The van der Waals surface area contributed by atoms with Crippen LogP contribution in [0.4, 0.5) is 0 Å². The molecule has 3 nitrogen and oxygen atoms in total. The molecule has 0 atom stereocenters. The second-order valence-corrected chi connectivity index (χ2v) is 3.86. The lowest BCUT2D eigenvalue weighted by Gasteiger charge is -2.06. The lowest BCUT2D eigenvalue weighted by Crippen LogP contribution is -2.08. The van der Waals surface area contributed by atoms with Gasteiger partial charge >= 0.3 is 0 Å². The topological polar surface area (TPSA) is 35.5 Å². The third kappa shape index (κ3) is 11.6. The second-order valence-electron chi connectivity index (χ2n) is 3.86. The van der Waals surface area contributed by atoms with Crippen LogP contribution in [0.2, 0.25) is 0 Å². The number of rotatable bonds is 9. The molecule has 0 aliphatic rings. The predicted octanol–water partition coefficient (Wildman–Crippen LogP) is 2.04. The van der Waals surface area contributed by atoms with Crippen LogP contribution in [-0.4, -0.2) is 32.2 Å². The van der Waals surface area contributed by atoms with Crippen molar-refractivity contribution in [2.75, 3.05) is 26.4 Å². The van der Waals surface area contributed by atoms with Gasteiger partial charge in [-0.1, -0.05) is 13.8 Å². The number of hydrogen-bond donors (Lipinski definition) is 0. The molecule has 0 bridgehead atoms. The van der Waals surface area contributed by atoms with Gasteiger partial charge in [-0.05, 0) is 19.3 Å². The van der Waals surface area contributed by atoms with Gasteiger partial charge < -0.3 is 9.47 Å². The standard InChI is InChI=1S/C11H22O3/c1-10(2)4-6-13-8-9-14-7-5-11(3)12/h10H,4-9H2,1-3H3. The maximum atomic E-state index is 10.5. The molecular weight excluding hydrogens is 180 g/mol. The van der Waals surface area contributed by atoms with Crippen molar-refractivity contribution in [3.8, 4) is 0 Å². The smallest absolute Gasteiger partial charge is 0.132 e. The van der Waals surface area contributed by atoms with Crippen molar-refractivity contribution in [3.05, 3.63) is 0 Å². The minimum atomic E-state index is 0.172. The quantitative estimate of drug-likeness (QED) is 0.537. The first-order chi connectivity index (χ1) is 6.63. The van der Waals surface area contributed by atoms with Crippen molar-refractivity contribution >= 4 is 5.78 Å². The monoisotopic (exact) mass is 202 g/mol. The van der Waals surface area contributed by atoms with E-state index in [0.717, 1.165) is 13.0 Å². The normalized spacial score (nSPS) is 10.9. The van der Waals surface area contributed by atoms with Crippen LogP contribution in [0.25, 0.3) is 0 Å². The van der Waals surface area contributed by atoms with E-state index < -0.39 is 0 Å². The van der Waals surface area contributed by atoms with Crippen LogP contribution >= 0.6 is 0 Å². The molecule has 0 aliphatic carbocycles. The summed E-state index contributed by atoms with van der Waals surface area (Å²) in [5.74, 6) is 0.861. The average Bonchev–Trinajstić information content (AvgIpc) is 2.08. The highest BCUT2D eigenvalue weighted by Gasteiger charge is 1.95. The number of ether oxygens (including phenoxy) is 2. The number of carbonyl (C=O) groups excluding carboxylic acids is 1. The van der Waals surface area contributed by atoms with Gasteiger partial charge in [-0.25, -0.2) is 0 Å². The lowest BCUT2D eigenvalue weighted by atomic mass is 10.1. The van der Waals surface area contributed by atoms with Crippen LogP contribution in [-0.2, 0) is 14.3 Å². The van der Waals surface area contributed by atoms with Crippen molar-refractivity contribution in [1.29, 1.82) is 0 Å². The van der Waals surface area contributed by atoms with Crippen molar-refractivity contribution in [3.63, 3.8) is 0 Å². The Balaban J connectivity index is 2.96. The Morgan fingerprint density at radius 2 is 1.64 bits per heavy atom. The molecule has 0 N–H and O–H groups in total. The van der Waals surface area contributed by atoms with Crippen LogP contribution in [0.1, 0.15) is 33.6 Å². The number of hydrogen-bond acceptors (Lipinski definition) is 3. The molecule has 14 heavy (non-hydrogen) atoms. The molecule has 0 unspecified atom stereocenters. The first-order valence-electron chi connectivity index (χ1n) is 5.28. The number of carbonyl (C=O) groups is 1. The molecule has 0 saturated carbocycles. The maximum absolute atomic E-state index is 10.5. The second kappa shape index (κ2) is 9.16. The lowest BCUT2D eigenvalue weighted by molar-refractivity contribution is -0.118. The summed E-state index contributed by atoms with van der Waals surface area (Å²) in [7, 11) is 0. The molecule has 0 heterocycles. The average molecular weight is 202 g/mol. The van der Waals surface area contributed by atoms with E-state index in [4.69, 9.17) is 9.47 Å². The van der Waals surface area contributed by atoms with Crippen molar-refractivity contribution < 1.29 is 14.3 Å². The summed E-state index contributed by atoms with van der Waals surface area (Å²) in [6, 6.07) is 0. The van der Waals surface area contributed by atoms with Gasteiger partial charge in [0, 0.05) is 13.0 Å². The van der Waals surface area contributed by atoms with Crippen molar-refractivity contribution in [2.24, 2.45) is 5.92 Å². The SMILES string of the molecule is CC(=O)CCOCCOCCC(C)C. The summed E-state index contributed by atoms with van der Waals surface area (Å²) in [6.45, 7) is 8.45. The zero-order valence-electron chi connectivity index (χ0n) is 9.54. The Labute approximate surface area is 86.8 Å². The Kier molecular flexibility index (Phi) is 8.89. The van der Waals surface area contributed by atoms with Crippen LogP contribution < -0.4 is 0 Å². The highest BCUT2D eigenvalue weighted by atomic mass is 16.5. The summed E-state index contributed by atoms with van der Waals surface area (Å²) in [5.41, 5.74) is 0. The van der Waals surface area contributed by atoms with Crippen LogP contribution in [0.5, 0.6) is 0 Å². The molecule has 0 spiro atoms. The minimum Gasteiger partial charge on any atom is -0.379 e.